The lowest BCUT2D eigenvalue weighted by Gasteiger charge is -2.14. The molecular formula is C13H18N2OS. The minimum atomic E-state index is -1.13. The number of aryl methyl sites for hydroxylation is 1. The maximum absolute atomic E-state index is 12.1. The van der Waals surface area contributed by atoms with E-state index in [-0.39, 0.29) is 0 Å². The van der Waals surface area contributed by atoms with Crippen molar-refractivity contribution in [3.63, 3.8) is 0 Å². The first-order valence-corrected chi connectivity index (χ1v) is 6.83. The molecule has 0 radical (unpaired) electrons. The molecule has 0 aromatic heterocycles. The predicted octanol–water partition coefficient (Wildman–Crippen LogP) is 2.62. The van der Waals surface area contributed by atoms with E-state index in [1.807, 2.05) is 32.9 Å². The SMILES string of the molecule is Cc1ccc(S(=O)CCC(C)(C)C#N)c(N)c1. The molecule has 1 rings (SSSR count). The summed E-state index contributed by atoms with van der Waals surface area (Å²) >= 11 is 0. The highest BCUT2D eigenvalue weighted by molar-refractivity contribution is 7.85. The van der Waals surface area contributed by atoms with Crippen LogP contribution in [0.1, 0.15) is 25.8 Å². The minimum Gasteiger partial charge on any atom is -0.398 e. The monoisotopic (exact) mass is 250 g/mol. The van der Waals surface area contributed by atoms with Crippen LogP contribution in [-0.2, 0) is 10.8 Å². The van der Waals surface area contributed by atoms with Gasteiger partial charge in [-0.2, -0.15) is 5.26 Å². The largest absolute Gasteiger partial charge is 0.398 e. The van der Waals surface area contributed by atoms with Crippen LogP contribution >= 0.6 is 0 Å². The van der Waals surface area contributed by atoms with Crippen LogP contribution in [0.25, 0.3) is 0 Å². The molecule has 0 bridgehead atoms. The zero-order chi connectivity index (χ0) is 13.1. The van der Waals surface area contributed by atoms with Gasteiger partial charge in [-0.3, -0.25) is 4.21 Å². The summed E-state index contributed by atoms with van der Waals surface area (Å²) < 4.78 is 12.1. The smallest absolute Gasteiger partial charge is 0.0684 e. The highest BCUT2D eigenvalue weighted by Crippen LogP contribution is 2.23. The molecule has 0 saturated carbocycles. The Morgan fingerprint density at radius 3 is 2.65 bits per heavy atom. The fraction of sp³-hybridized carbons (Fsp3) is 0.462. The lowest BCUT2D eigenvalue weighted by atomic mass is 9.93. The third-order valence-corrected chi connectivity index (χ3v) is 4.06. The number of nitrogens with two attached hydrogens (primary N) is 1. The van der Waals surface area contributed by atoms with Crippen molar-refractivity contribution in [1.29, 1.82) is 5.26 Å². The predicted molar refractivity (Wildman–Crippen MR) is 70.9 cm³/mol. The van der Waals surface area contributed by atoms with Crippen molar-refractivity contribution in [2.45, 2.75) is 32.1 Å². The van der Waals surface area contributed by atoms with E-state index in [2.05, 4.69) is 6.07 Å². The summed E-state index contributed by atoms with van der Waals surface area (Å²) in [4.78, 5) is 0.671. The number of hydrogen-bond donors (Lipinski definition) is 1. The second-order valence-electron chi connectivity index (χ2n) is 4.84. The van der Waals surface area contributed by atoms with Crippen molar-refractivity contribution < 1.29 is 4.21 Å². The molecule has 1 atom stereocenters. The number of rotatable bonds is 4. The number of benzene rings is 1. The fourth-order valence-corrected chi connectivity index (χ4v) is 2.85. The molecule has 0 aliphatic rings. The average Bonchev–Trinajstić information content (AvgIpc) is 2.26. The summed E-state index contributed by atoms with van der Waals surface area (Å²) in [6, 6.07) is 7.74. The minimum absolute atomic E-state index is 0.435. The molecule has 92 valence electrons. The van der Waals surface area contributed by atoms with Crippen LogP contribution in [0.3, 0.4) is 0 Å². The van der Waals surface area contributed by atoms with Gasteiger partial charge in [0.1, 0.15) is 0 Å². The maximum Gasteiger partial charge on any atom is 0.0684 e. The van der Waals surface area contributed by atoms with Gasteiger partial charge in [-0.25, -0.2) is 0 Å². The summed E-state index contributed by atoms with van der Waals surface area (Å²) in [6.07, 6.45) is 0.601. The molecule has 3 nitrogen and oxygen atoms in total. The number of hydrogen-bond acceptors (Lipinski definition) is 3. The van der Waals surface area contributed by atoms with Crippen LogP contribution < -0.4 is 5.73 Å². The first-order chi connectivity index (χ1) is 7.85. The van der Waals surface area contributed by atoms with Crippen molar-refractivity contribution in [1.82, 2.24) is 0 Å². The van der Waals surface area contributed by atoms with Gasteiger partial charge in [0.05, 0.1) is 27.2 Å². The van der Waals surface area contributed by atoms with Crippen molar-refractivity contribution in [2.75, 3.05) is 11.5 Å². The molecule has 4 heteroatoms. The number of nitriles is 1. The van der Waals surface area contributed by atoms with Crippen molar-refractivity contribution in [2.24, 2.45) is 5.41 Å². The number of nitrogens with zero attached hydrogens (tertiary/aromatic N) is 1. The van der Waals surface area contributed by atoms with Crippen LogP contribution in [0.5, 0.6) is 0 Å². The topological polar surface area (TPSA) is 66.9 Å². The second kappa shape index (κ2) is 5.33. The van der Waals surface area contributed by atoms with Gasteiger partial charge >= 0.3 is 0 Å². The molecule has 0 spiro atoms. The van der Waals surface area contributed by atoms with Gasteiger partial charge in [0.25, 0.3) is 0 Å². The molecule has 1 unspecified atom stereocenters. The Kier molecular flexibility index (Phi) is 4.30. The van der Waals surface area contributed by atoms with Gasteiger partial charge in [0.15, 0.2) is 0 Å². The summed E-state index contributed by atoms with van der Waals surface area (Å²) in [5, 5.41) is 8.89. The molecule has 0 fully saturated rings. The van der Waals surface area contributed by atoms with Gasteiger partial charge in [-0.15, -0.1) is 0 Å². The van der Waals surface area contributed by atoms with E-state index < -0.39 is 16.2 Å². The molecular weight excluding hydrogens is 232 g/mol. The lowest BCUT2D eigenvalue weighted by Crippen LogP contribution is -2.13. The van der Waals surface area contributed by atoms with Gasteiger partial charge < -0.3 is 5.73 Å². The highest BCUT2D eigenvalue weighted by Gasteiger charge is 2.19. The Morgan fingerprint density at radius 2 is 2.12 bits per heavy atom. The third-order valence-electron chi connectivity index (χ3n) is 2.63. The quantitative estimate of drug-likeness (QED) is 0.835. The summed E-state index contributed by atoms with van der Waals surface area (Å²) in [7, 11) is -1.13. The normalized spacial score (nSPS) is 13.1. The van der Waals surface area contributed by atoms with Gasteiger partial charge in [0, 0.05) is 11.4 Å². The van der Waals surface area contributed by atoms with E-state index in [9.17, 15) is 4.21 Å². The van der Waals surface area contributed by atoms with Crippen molar-refractivity contribution >= 4 is 16.5 Å². The Bertz CT molecular complexity index is 475. The number of anilines is 1. The molecule has 0 aliphatic heterocycles. The molecule has 1 aromatic carbocycles. The Labute approximate surface area is 105 Å². The summed E-state index contributed by atoms with van der Waals surface area (Å²) in [5.41, 5.74) is 7.02. The zero-order valence-corrected chi connectivity index (χ0v) is 11.3. The third kappa shape index (κ3) is 3.86. The van der Waals surface area contributed by atoms with Crippen LogP contribution in [-0.4, -0.2) is 9.96 Å². The second-order valence-corrected chi connectivity index (χ2v) is 6.38. The fourth-order valence-electron chi connectivity index (χ4n) is 1.39. The molecule has 0 aliphatic carbocycles. The van der Waals surface area contributed by atoms with E-state index in [1.165, 1.54) is 0 Å². The van der Waals surface area contributed by atoms with E-state index in [4.69, 9.17) is 11.0 Å². The lowest BCUT2D eigenvalue weighted by molar-refractivity contribution is 0.479. The first-order valence-electron chi connectivity index (χ1n) is 5.51. The van der Waals surface area contributed by atoms with Crippen LogP contribution in [0.4, 0.5) is 5.69 Å². The van der Waals surface area contributed by atoms with Gasteiger partial charge in [-0.1, -0.05) is 6.07 Å². The standard InChI is InChI=1S/C13H18N2OS/c1-10-4-5-12(11(15)8-10)17(16)7-6-13(2,3)9-14/h4-5,8H,6-7,15H2,1-3H3. The summed E-state index contributed by atoms with van der Waals surface area (Å²) in [6.45, 7) is 5.65. The number of nitrogen functional groups attached to an aromatic ring is 1. The molecule has 0 heterocycles. The summed E-state index contributed by atoms with van der Waals surface area (Å²) in [5.74, 6) is 0.466. The van der Waals surface area contributed by atoms with E-state index in [1.54, 1.807) is 6.07 Å². The van der Waals surface area contributed by atoms with E-state index in [0.717, 1.165) is 5.56 Å². The molecule has 17 heavy (non-hydrogen) atoms. The van der Waals surface area contributed by atoms with E-state index in [0.29, 0.717) is 22.8 Å². The molecule has 0 saturated heterocycles. The maximum atomic E-state index is 12.1. The molecule has 0 amide bonds. The zero-order valence-electron chi connectivity index (χ0n) is 10.5. The van der Waals surface area contributed by atoms with Crippen LogP contribution in [0.15, 0.2) is 23.1 Å². The molecule has 1 aromatic rings. The van der Waals surface area contributed by atoms with Crippen molar-refractivity contribution in [3.8, 4) is 6.07 Å². The Morgan fingerprint density at radius 1 is 1.47 bits per heavy atom. The van der Waals surface area contributed by atoms with Crippen molar-refractivity contribution in [3.05, 3.63) is 23.8 Å². The average molecular weight is 250 g/mol. The van der Waals surface area contributed by atoms with Crippen LogP contribution in [0.2, 0.25) is 0 Å². The Hall–Kier alpha value is -1.34. The Balaban J connectivity index is 2.75. The van der Waals surface area contributed by atoms with Gasteiger partial charge in [-0.05, 0) is 44.9 Å². The first kappa shape index (κ1) is 13.7. The highest BCUT2D eigenvalue weighted by atomic mass is 32.2. The van der Waals surface area contributed by atoms with Gasteiger partial charge in [0.2, 0.25) is 0 Å². The van der Waals surface area contributed by atoms with Crippen LogP contribution in [0, 0.1) is 23.7 Å². The molecule has 2 N–H and O–H groups in total. The van der Waals surface area contributed by atoms with E-state index >= 15 is 0 Å².